The van der Waals surface area contributed by atoms with E-state index in [-0.39, 0.29) is 0 Å². The zero-order valence-electron chi connectivity index (χ0n) is 36.9. The first-order chi connectivity index (χ1) is 33.7. The molecule has 0 unspecified atom stereocenters. The topological polar surface area (TPSA) is 32.3 Å². The van der Waals surface area contributed by atoms with Crippen LogP contribution in [0.2, 0.25) is 0 Å². The van der Waals surface area contributed by atoms with E-state index in [1.807, 2.05) is 12.1 Å². The molecule has 2 heterocycles. The molecule has 0 amide bonds. The molecule has 0 N–H and O–H groups in total. The molecule has 12 aromatic rings. The van der Waals surface area contributed by atoms with E-state index in [0.29, 0.717) is 0 Å². The monoisotopic (exact) mass is 906 g/mol. The molecule has 4 nitrogen and oxygen atoms in total. The van der Waals surface area contributed by atoms with Crippen molar-refractivity contribution in [1.82, 2.24) is 9.97 Å². The van der Waals surface area contributed by atoms with Crippen LogP contribution in [0.5, 0.6) is 0 Å². The van der Waals surface area contributed by atoms with Gasteiger partial charge < -0.3 is 9.80 Å². The SMILES string of the molecule is c1ccc(N(c2ccc(-c3nc4ccccc4s3)cc2)c2cccc(-c3cccc(-c4cccc(-c5cccc(N(c6ccccc6)c6ccc(-c7nc8ccccc8s7)cc6)c5)c4)c3)c2)cc1. The van der Waals surface area contributed by atoms with Gasteiger partial charge in [-0.05, 0) is 167 Å². The predicted octanol–water partition coefficient (Wildman–Crippen LogP) is 18.2. The van der Waals surface area contributed by atoms with Gasteiger partial charge in [-0.1, -0.05) is 121 Å². The first-order valence-corrected chi connectivity index (χ1v) is 24.3. The Balaban J connectivity index is 0.837. The van der Waals surface area contributed by atoms with E-state index >= 15 is 0 Å². The predicted molar refractivity (Wildman–Crippen MR) is 289 cm³/mol. The highest BCUT2D eigenvalue weighted by atomic mass is 32.1. The van der Waals surface area contributed by atoms with Gasteiger partial charge in [0.15, 0.2) is 0 Å². The third-order valence-corrected chi connectivity index (χ3v) is 14.5. The molecule has 0 saturated heterocycles. The molecule has 0 aliphatic carbocycles. The van der Waals surface area contributed by atoms with Crippen LogP contribution in [-0.2, 0) is 0 Å². The van der Waals surface area contributed by atoms with Crippen molar-refractivity contribution in [3.05, 3.63) is 255 Å². The number of rotatable bonds is 11. The Labute approximate surface area is 404 Å². The van der Waals surface area contributed by atoms with Gasteiger partial charge in [0.1, 0.15) is 10.0 Å². The molecule has 0 aliphatic rings. The summed E-state index contributed by atoms with van der Waals surface area (Å²) in [7, 11) is 0. The second-order valence-corrected chi connectivity index (χ2v) is 18.7. The van der Waals surface area contributed by atoms with Crippen molar-refractivity contribution in [2.24, 2.45) is 0 Å². The smallest absolute Gasteiger partial charge is 0.124 e. The summed E-state index contributed by atoms with van der Waals surface area (Å²) in [6, 6.07) is 90.9. The average Bonchev–Trinajstić information content (AvgIpc) is 4.06. The number of aromatic nitrogens is 2. The third kappa shape index (κ3) is 8.24. The molecular formula is C62H42N4S2. The van der Waals surface area contributed by atoms with Gasteiger partial charge in [0.05, 0.1) is 20.4 Å². The van der Waals surface area contributed by atoms with Crippen LogP contribution in [-0.4, -0.2) is 9.97 Å². The van der Waals surface area contributed by atoms with Crippen LogP contribution in [0.3, 0.4) is 0 Å². The number of hydrogen-bond acceptors (Lipinski definition) is 6. The normalized spacial score (nSPS) is 11.2. The summed E-state index contributed by atoms with van der Waals surface area (Å²) in [5.41, 5.74) is 17.8. The number of anilines is 6. The summed E-state index contributed by atoms with van der Waals surface area (Å²) in [5, 5.41) is 2.05. The van der Waals surface area contributed by atoms with Crippen molar-refractivity contribution < 1.29 is 0 Å². The molecular weight excluding hydrogens is 865 g/mol. The fraction of sp³-hybridized carbons (Fsp3) is 0. The molecule has 12 rings (SSSR count). The van der Waals surface area contributed by atoms with E-state index in [1.165, 1.54) is 9.40 Å². The summed E-state index contributed by atoms with van der Waals surface area (Å²) in [5.74, 6) is 0. The van der Waals surface area contributed by atoms with Crippen LogP contribution in [0.15, 0.2) is 255 Å². The summed E-state index contributed by atoms with van der Waals surface area (Å²) < 4.78 is 2.39. The zero-order valence-corrected chi connectivity index (χ0v) is 38.5. The maximum atomic E-state index is 4.91. The van der Waals surface area contributed by atoms with Gasteiger partial charge in [-0.15, -0.1) is 22.7 Å². The highest BCUT2D eigenvalue weighted by molar-refractivity contribution is 7.22. The van der Waals surface area contributed by atoms with Crippen molar-refractivity contribution in [1.29, 1.82) is 0 Å². The van der Waals surface area contributed by atoms with Crippen LogP contribution < -0.4 is 9.80 Å². The molecule has 0 atom stereocenters. The zero-order chi connectivity index (χ0) is 45.2. The van der Waals surface area contributed by atoms with E-state index in [0.717, 1.165) is 99.7 Å². The number of thiazole rings is 2. The van der Waals surface area contributed by atoms with Gasteiger partial charge in [0.25, 0.3) is 0 Å². The van der Waals surface area contributed by atoms with Gasteiger partial charge in [-0.25, -0.2) is 9.97 Å². The summed E-state index contributed by atoms with van der Waals surface area (Å²) in [6.45, 7) is 0. The summed E-state index contributed by atoms with van der Waals surface area (Å²) in [6.07, 6.45) is 0. The highest BCUT2D eigenvalue weighted by Crippen LogP contribution is 2.41. The second kappa shape index (κ2) is 18.1. The van der Waals surface area contributed by atoms with E-state index < -0.39 is 0 Å². The van der Waals surface area contributed by atoms with Crippen LogP contribution >= 0.6 is 22.7 Å². The Morgan fingerprint density at radius 2 is 0.544 bits per heavy atom. The number of fused-ring (bicyclic) bond motifs is 2. The van der Waals surface area contributed by atoms with E-state index in [9.17, 15) is 0 Å². The Kier molecular flexibility index (Phi) is 10.9. The molecule has 0 spiro atoms. The third-order valence-electron chi connectivity index (χ3n) is 12.3. The lowest BCUT2D eigenvalue weighted by molar-refractivity contribution is 1.28. The Bertz CT molecular complexity index is 3380. The molecule has 0 bridgehead atoms. The van der Waals surface area contributed by atoms with Crippen molar-refractivity contribution in [2.45, 2.75) is 0 Å². The average molecular weight is 907 g/mol. The van der Waals surface area contributed by atoms with Crippen LogP contribution in [0, 0.1) is 0 Å². The maximum Gasteiger partial charge on any atom is 0.124 e. The molecule has 0 radical (unpaired) electrons. The molecule has 0 saturated carbocycles. The molecule has 0 fully saturated rings. The Morgan fingerprint density at radius 3 is 0.926 bits per heavy atom. The maximum absolute atomic E-state index is 4.91. The summed E-state index contributed by atoms with van der Waals surface area (Å²) in [4.78, 5) is 14.5. The largest absolute Gasteiger partial charge is 0.310 e. The molecule has 6 heteroatoms. The standard InChI is InChI=1S/C62H42N4S2/c1-3-21-51(22-4-1)65(53-35-31-43(32-36-53)61-63-57-27-7-9-29-59(57)67-61)55-25-13-19-49(41-55)47-17-11-15-45(39-47)46-16-12-18-48(40-46)50-20-14-26-56(42-50)66(52-23-5-2-6-24-52)54-37-33-44(34-38-54)62-64-58-28-8-10-30-60(58)68-62/h1-42H. The quantitative estimate of drug-likeness (QED) is 0.129. The molecule has 0 aliphatic heterocycles. The molecule has 10 aromatic carbocycles. The fourth-order valence-corrected chi connectivity index (χ4v) is 10.9. The number of nitrogens with zero attached hydrogens (tertiary/aromatic N) is 4. The lowest BCUT2D eigenvalue weighted by Gasteiger charge is -2.26. The van der Waals surface area contributed by atoms with Crippen molar-refractivity contribution in [3.63, 3.8) is 0 Å². The van der Waals surface area contributed by atoms with Crippen molar-refractivity contribution in [3.8, 4) is 54.5 Å². The Hall–Kier alpha value is -8.42. The second-order valence-electron chi connectivity index (χ2n) is 16.7. The van der Waals surface area contributed by atoms with E-state index in [4.69, 9.17) is 9.97 Å². The lowest BCUT2D eigenvalue weighted by atomic mass is 9.95. The van der Waals surface area contributed by atoms with Crippen molar-refractivity contribution in [2.75, 3.05) is 9.80 Å². The van der Waals surface area contributed by atoms with E-state index in [1.54, 1.807) is 22.7 Å². The minimum Gasteiger partial charge on any atom is -0.310 e. The van der Waals surface area contributed by atoms with Crippen LogP contribution in [0.25, 0.3) is 75.0 Å². The van der Waals surface area contributed by atoms with Gasteiger partial charge >= 0.3 is 0 Å². The number of para-hydroxylation sites is 4. The molecule has 322 valence electrons. The minimum atomic E-state index is 1.03. The minimum absolute atomic E-state index is 1.03. The molecule has 2 aromatic heterocycles. The van der Waals surface area contributed by atoms with Crippen LogP contribution in [0.1, 0.15) is 0 Å². The van der Waals surface area contributed by atoms with Crippen LogP contribution in [0.4, 0.5) is 34.1 Å². The van der Waals surface area contributed by atoms with Gasteiger partial charge in [0, 0.05) is 45.3 Å². The number of hydrogen-bond donors (Lipinski definition) is 0. The first kappa shape index (κ1) is 41.0. The van der Waals surface area contributed by atoms with E-state index in [2.05, 4.69) is 252 Å². The van der Waals surface area contributed by atoms with Gasteiger partial charge in [-0.3, -0.25) is 0 Å². The lowest BCUT2D eigenvalue weighted by Crippen LogP contribution is -2.09. The first-order valence-electron chi connectivity index (χ1n) is 22.7. The number of benzene rings is 10. The summed E-state index contributed by atoms with van der Waals surface area (Å²) >= 11 is 3.46. The van der Waals surface area contributed by atoms with Gasteiger partial charge in [-0.2, -0.15) is 0 Å². The Morgan fingerprint density at radius 1 is 0.235 bits per heavy atom. The molecule has 68 heavy (non-hydrogen) atoms. The fourth-order valence-electron chi connectivity index (χ4n) is 8.95. The van der Waals surface area contributed by atoms with Gasteiger partial charge in [0.2, 0.25) is 0 Å². The van der Waals surface area contributed by atoms with Crippen molar-refractivity contribution >= 4 is 77.2 Å². The highest BCUT2D eigenvalue weighted by Gasteiger charge is 2.17.